The second-order valence-electron chi connectivity index (χ2n) is 3.87. The lowest BCUT2D eigenvalue weighted by atomic mass is 10.3. The first-order valence-corrected chi connectivity index (χ1v) is 7.05. The summed E-state index contributed by atoms with van der Waals surface area (Å²) in [6.07, 6.45) is 0. The molecule has 0 aliphatic carbocycles. The third-order valence-electron chi connectivity index (χ3n) is 2.47. The van der Waals surface area contributed by atoms with E-state index < -0.39 is 25.5 Å². The highest BCUT2D eigenvalue weighted by Gasteiger charge is 2.29. The van der Waals surface area contributed by atoms with Gasteiger partial charge in [0.05, 0.1) is 12.0 Å². The van der Waals surface area contributed by atoms with Crippen LogP contribution < -0.4 is 10.0 Å². The van der Waals surface area contributed by atoms with Crippen molar-refractivity contribution >= 4 is 27.3 Å². The van der Waals surface area contributed by atoms with E-state index in [4.69, 9.17) is 0 Å². The van der Waals surface area contributed by atoms with Crippen molar-refractivity contribution in [2.45, 2.75) is 4.90 Å². The van der Waals surface area contributed by atoms with Crippen molar-refractivity contribution in [2.75, 3.05) is 17.1 Å². The van der Waals surface area contributed by atoms with Crippen LogP contribution in [0.1, 0.15) is 0 Å². The van der Waals surface area contributed by atoms with Crippen molar-refractivity contribution in [3.05, 3.63) is 28.3 Å². The number of hydrogen-bond acceptors (Lipinski definition) is 8. The summed E-state index contributed by atoms with van der Waals surface area (Å²) in [5.41, 5.74) is -0.480. The molecule has 11 nitrogen and oxygen atoms in total. The summed E-state index contributed by atoms with van der Waals surface area (Å²) < 4.78 is 26.5. The van der Waals surface area contributed by atoms with Gasteiger partial charge in [0.25, 0.3) is 16.0 Å². The van der Waals surface area contributed by atoms with Gasteiger partial charge in [0, 0.05) is 7.05 Å². The summed E-state index contributed by atoms with van der Waals surface area (Å²) in [6.45, 7) is 0. The lowest BCUT2D eigenvalue weighted by Gasteiger charge is -2.08. The maximum absolute atomic E-state index is 12.2. The van der Waals surface area contributed by atoms with Crippen molar-refractivity contribution in [3.8, 4) is 0 Å². The Bertz CT molecular complexity index is 785. The number of rotatable bonds is 5. The second-order valence-corrected chi connectivity index (χ2v) is 5.52. The number of nitrogens with one attached hydrogen (secondary N) is 2. The van der Waals surface area contributed by atoms with E-state index in [-0.39, 0.29) is 11.6 Å². The normalized spacial score (nSPS) is 11.1. The van der Waals surface area contributed by atoms with Crippen LogP contribution in [0.5, 0.6) is 0 Å². The number of para-hydroxylation sites is 1. The number of aryl methyl sites for hydroxylation is 1. The molecule has 0 spiro atoms. The SMILES string of the molecule is CNc1cccc(S(=O)(=O)Nc2nnn(C)n2)c1[N+](=O)[O-]. The molecule has 0 unspecified atom stereocenters. The van der Waals surface area contributed by atoms with Gasteiger partial charge in [0.15, 0.2) is 4.90 Å². The zero-order valence-corrected chi connectivity index (χ0v) is 11.8. The highest BCUT2D eigenvalue weighted by atomic mass is 32.2. The van der Waals surface area contributed by atoms with Crippen LogP contribution in [0, 0.1) is 10.1 Å². The molecule has 0 amide bonds. The number of tetrazole rings is 1. The quantitative estimate of drug-likeness (QED) is 0.577. The number of nitro groups is 1. The van der Waals surface area contributed by atoms with E-state index in [1.165, 1.54) is 26.2 Å². The van der Waals surface area contributed by atoms with Crippen molar-refractivity contribution < 1.29 is 13.3 Å². The molecule has 0 saturated heterocycles. The van der Waals surface area contributed by atoms with Crippen molar-refractivity contribution in [1.82, 2.24) is 20.2 Å². The summed E-state index contributed by atoms with van der Waals surface area (Å²) in [6, 6.07) is 3.91. The highest BCUT2D eigenvalue weighted by molar-refractivity contribution is 7.92. The second kappa shape index (κ2) is 5.32. The zero-order valence-electron chi connectivity index (χ0n) is 11.0. The molecule has 12 heteroatoms. The van der Waals surface area contributed by atoms with Crippen LogP contribution in [0.3, 0.4) is 0 Å². The van der Waals surface area contributed by atoms with Gasteiger partial charge in [-0.15, -0.1) is 5.10 Å². The minimum Gasteiger partial charge on any atom is -0.383 e. The molecule has 0 aliphatic rings. The minimum absolute atomic E-state index is 0.0787. The number of sulfonamides is 1. The van der Waals surface area contributed by atoms with E-state index in [0.717, 1.165) is 10.9 Å². The topological polar surface area (TPSA) is 145 Å². The van der Waals surface area contributed by atoms with Crippen LogP contribution >= 0.6 is 0 Å². The Hall–Kier alpha value is -2.76. The van der Waals surface area contributed by atoms with Crippen LogP contribution in [0.15, 0.2) is 23.1 Å². The average molecular weight is 313 g/mol. The molecule has 2 aromatic rings. The minimum atomic E-state index is -4.22. The van der Waals surface area contributed by atoms with Gasteiger partial charge in [-0.2, -0.15) is 4.80 Å². The molecule has 1 aromatic heterocycles. The molecule has 1 aromatic carbocycles. The number of nitro benzene ring substituents is 1. The van der Waals surface area contributed by atoms with Gasteiger partial charge in [0.1, 0.15) is 5.69 Å². The van der Waals surface area contributed by atoms with Gasteiger partial charge in [-0.1, -0.05) is 11.2 Å². The van der Waals surface area contributed by atoms with Crippen molar-refractivity contribution in [3.63, 3.8) is 0 Å². The molecular formula is C9H11N7O4S. The van der Waals surface area contributed by atoms with E-state index in [1.807, 2.05) is 4.72 Å². The zero-order chi connectivity index (χ0) is 15.6. The Balaban J connectivity index is 2.52. The van der Waals surface area contributed by atoms with E-state index in [9.17, 15) is 18.5 Å². The van der Waals surface area contributed by atoms with Crippen LogP contribution in [-0.4, -0.2) is 40.6 Å². The van der Waals surface area contributed by atoms with E-state index in [0.29, 0.717) is 0 Å². The molecule has 0 atom stereocenters. The molecule has 0 fully saturated rings. The third-order valence-corrected chi connectivity index (χ3v) is 3.83. The lowest BCUT2D eigenvalue weighted by Crippen LogP contribution is -2.16. The fraction of sp³-hybridized carbons (Fsp3) is 0.222. The number of nitrogens with zero attached hydrogens (tertiary/aromatic N) is 5. The molecule has 0 saturated carbocycles. The van der Waals surface area contributed by atoms with Crippen LogP contribution in [0.2, 0.25) is 0 Å². The predicted molar refractivity (Wildman–Crippen MR) is 72.2 cm³/mol. The fourth-order valence-corrected chi connectivity index (χ4v) is 2.76. The largest absolute Gasteiger partial charge is 0.383 e. The first-order chi connectivity index (χ1) is 9.85. The standard InChI is InChI=1S/C9H11N7O4S/c1-10-6-4-3-5-7(8(6)16(17)18)21(19,20)13-9-11-14-15(2)12-9/h3-5,10H,1-2H3,(H,12,13). The molecule has 1 heterocycles. The smallest absolute Gasteiger partial charge is 0.312 e. The first-order valence-electron chi connectivity index (χ1n) is 5.57. The molecule has 21 heavy (non-hydrogen) atoms. The van der Waals surface area contributed by atoms with Gasteiger partial charge in [-0.3, -0.25) is 10.1 Å². The molecular weight excluding hydrogens is 302 g/mol. The molecule has 0 radical (unpaired) electrons. The fourth-order valence-electron chi connectivity index (χ4n) is 1.63. The van der Waals surface area contributed by atoms with Crippen LogP contribution in [-0.2, 0) is 17.1 Å². The summed E-state index contributed by atoms with van der Waals surface area (Å²) in [5, 5.41) is 24.3. The lowest BCUT2D eigenvalue weighted by molar-refractivity contribution is -0.386. The molecule has 0 bridgehead atoms. The Morgan fingerprint density at radius 1 is 1.38 bits per heavy atom. The average Bonchev–Trinajstić information content (AvgIpc) is 2.82. The summed E-state index contributed by atoms with van der Waals surface area (Å²) in [7, 11) is -1.31. The van der Waals surface area contributed by atoms with Gasteiger partial charge in [-0.05, 0) is 17.3 Å². The number of aromatic nitrogens is 4. The van der Waals surface area contributed by atoms with E-state index in [2.05, 4.69) is 20.7 Å². The van der Waals surface area contributed by atoms with E-state index >= 15 is 0 Å². The summed E-state index contributed by atoms with van der Waals surface area (Å²) >= 11 is 0. The maximum atomic E-state index is 12.2. The van der Waals surface area contributed by atoms with E-state index in [1.54, 1.807) is 0 Å². The van der Waals surface area contributed by atoms with Gasteiger partial charge in [0.2, 0.25) is 0 Å². The summed E-state index contributed by atoms with van der Waals surface area (Å²) in [5.74, 6) is -0.276. The molecule has 2 N–H and O–H groups in total. The first kappa shape index (κ1) is 14.6. The maximum Gasteiger partial charge on any atom is 0.312 e. The molecule has 112 valence electrons. The van der Waals surface area contributed by atoms with Gasteiger partial charge in [-0.25, -0.2) is 13.1 Å². The van der Waals surface area contributed by atoms with Gasteiger partial charge >= 0.3 is 5.69 Å². The van der Waals surface area contributed by atoms with Crippen LogP contribution in [0.4, 0.5) is 17.3 Å². The third kappa shape index (κ3) is 2.89. The predicted octanol–water partition coefficient (Wildman–Crippen LogP) is -0.0392. The molecule has 2 rings (SSSR count). The van der Waals surface area contributed by atoms with Crippen molar-refractivity contribution in [2.24, 2.45) is 7.05 Å². The molecule has 0 aliphatic heterocycles. The monoisotopic (exact) mass is 313 g/mol. The van der Waals surface area contributed by atoms with Crippen molar-refractivity contribution in [1.29, 1.82) is 0 Å². The number of anilines is 2. The Kier molecular flexibility index (Phi) is 3.71. The van der Waals surface area contributed by atoms with Gasteiger partial charge < -0.3 is 5.32 Å². The Labute approximate surface area is 119 Å². The number of benzene rings is 1. The number of hydrogen-bond donors (Lipinski definition) is 2. The van der Waals surface area contributed by atoms with Crippen LogP contribution in [0.25, 0.3) is 0 Å². The Morgan fingerprint density at radius 2 is 2.10 bits per heavy atom. The summed E-state index contributed by atoms with van der Waals surface area (Å²) in [4.78, 5) is 10.9. The highest BCUT2D eigenvalue weighted by Crippen LogP contribution is 2.32. The Morgan fingerprint density at radius 3 is 2.62 bits per heavy atom.